The quantitative estimate of drug-likeness (QED) is 0.897. The van der Waals surface area contributed by atoms with Crippen molar-refractivity contribution in [2.24, 2.45) is 0 Å². The highest BCUT2D eigenvalue weighted by Gasteiger charge is 2.28. The van der Waals surface area contributed by atoms with Gasteiger partial charge in [-0.1, -0.05) is 0 Å². The molecule has 2 amide bonds. The van der Waals surface area contributed by atoms with Crippen molar-refractivity contribution in [3.05, 3.63) is 35.1 Å². The maximum absolute atomic E-state index is 13.2. The summed E-state index contributed by atoms with van der Waals surface area (Å²) in [6.07, 6.45) is 0.183. The number of nitrogens with zero attached hydrogens (tertiary/aromatic N) is 1. The third kappa shape index (κ3) is 3.07. The normalized spacial score (nSPS) is 17.9. The molecule has 1 atom stereocenters. The van der Waals surface area contributed by atoms with E-state index in [1.165, 1.54) is 19.2 Å². The van der Waals surface area contributed by atoms with Gasteiger partial charge < -0.3 is 15.0 Å². The number of benzene rings is 1. The highest BCUT2D eigenvalue weighted by molar-refractivity contribution is 5.94. The zero-order valence-corrected chi connectivity index (χ0v) is 11.5. The molecule has 1 fully saturated rings. The maximum atomic E-state index is 13.2. The maximum Gasteiger partial charge on any atom is 0.407 e. The Morgan fingerprint density at radius 2 is 2.20 bits per heavy atom. The molecule has 1 aromatic carbocycles. The van der Waals surface area contributed by atoms with Crippen LogP contribution < -0.4 is 5.32 Å². The summed E-state index contributed by atoms with van der Waals surface area (Å²) >= 11 is 0. The zero-order valence-electron chi connectivity index (χ0n) is 11.5. The first-order valence-corrected chi connectivity index (χ1v) is 6.41. The minimum atomic E-state index is -0.498. The molecule has 0 spiro atoms. The van der Waals surface area contributed by atoms with Gasteiger partial charge in [-0.25, -0.2) is 9.18 Å². The number of aryl methyl sites for hydroxylation is 1. The van der Waals surface area contributed by atoms with Gasteiger partial charge >= 0.3 is 6.09 Å². The van der Waals surface area contributed by atoms with E-state index in [0.717, 1.165) is 0 Å². The van der Waals surface area contributed by atoms with Crippen LogP contribution in [-0.4, -0.2) is 43.1 Å². The average molecular weight is 280 g/mol. The van der Waals surface area contributed by atoms with Crippen LogP contribution in [0.15, 0.2) is 18.2 Å². The van der Waals surface area contributed by atoms with Crippen LogP contribution in [0.3, 0.4) is 0 Å². The number of halogens is 1. The van der Waals surface area contributed by atoms with Gasteiger partial charge in [0.05, 0.1) is 13.2 Å². The summed E-state index contributed by atoms with van der Waals surface area (Å²) in [7, 11) is 1.30. The largest absolute Gasteiger partial charge is 0.453 e. The van der Waals surface area contributed by atoms with Gasteiger partial charge in [0, 0.05) is 18.7 Å². The van der Waals surface area contributed by atoms with Crippen LogP contribution in [0.5, 0.6) is 0 Å². The number of nitrogens with one attached hydrogen (secondary N) is 1. The molecule has 0 aromatic heterocycles. The Balaban J connectivity index is 2.00. The zero-order chi connectivity index (χ0) is 14.7. The summed E-state index contributed by atoms with van der Waals surface area (Å²) in [5, 5.41) is 2.67. The molecule has 2 rings (SSSR count). The van der Waals surface area contributed by atoms with E-state index in [9.17, 15) is 14.0 Å². The van der Waals surface area contributed by atoms with E-state index in [2.05, 4.69) is 10.1 Å². The lowest BCUT2D eigenvalue weighted by molar-refractivity contribution is 0.0788. The number of alkyl carbamates (subject to hydrolysis) is 1. The Labute approximate surface area is 116 Å². The van der Waals surface area contributed by atoms with Crippen LogP contribution in [0.4, 0.5) is 9.18 Å². The van der Waals surface area contributed by atoms with E-state index >= 15 is 0 Å². The predicted octanol–water partition coefficient (Wildman–Crippen LogP) is 1.70. The first-order valence-electron chi connectivity index (χ1n) is 6.41. The molecule has 1 saturated heterocycles. The van der Waals surface area contributed by atoms with Crippen molar-refractivity contribution in [2.75, 3.05) is 20.2 Å². The molecule has 1 heterocycles. The van der Waals surface area contributed by atoms with E-state index in [1.807, 2.05) is 0 Å². The highest BCUT2D eigenvalue weighted by atomic mass is 19.1. The molecule has 5 nitrogen and oxygen atoms in total. The number of amides is 2. The molecule has 108 valence electrons. The van der Waals surface area contributed by atoms with Crippen molar-refractivity contribution >= 4 is 12.0 Å². The summed E-state index contributed by atoms with van der Waals surface area (Å²) in [6, 6.07) is 4.21. The van der Waals surface area contributed by atoms with Crippen LogP contribution in [0.1, 0.15) is 22.3 Å². The van der Waals surface area contributed by atoms with Gasteiger partial charge in [0.1, 0.15) is 5.82 Å². The molecule has 0 aliphatic carbocycles. The molecular weight excluding hydrogens is 263 g/mol. The van der Waals surface area contributed by atoms with Gasteiger partial charge in [-0.3, -0.25) is 4.79 Å². The first kappa shape index (κ1) is 14.3. The number of carbonyl (C=O) groups excluding carboxylic acids is 2. The third-order valence-electron chi connectivity index (χ3n) is 3.39. The summed E-state index contributed by atoms with van der Waals surface area (Å²) in [6.45, 7) is 2.62. The Hall–Kier alpha value is -2.11. The van der Waals surface area contributed by atoms with Gasteiger partial charge in [-0.2, -0.15) is 0 Å². The van der Waals surface area contributed by atoms with Crippen molar-refractivity contribution < 1.29 is 18.7 Å². The minimum absolute atomic E-state index is 0.104. The van der Waals surface area contributed by atoms with Crippen LogP contribution in [0.2, 0.25) is 0 Å². The number of carbonyl (C=O) groups is 2. The summed E-state index contributed by atoms with van der Waals surface area (Å²) < 4.78 is 17.7. The number of likely N-dealkylation sites (tertiary alicyclic amines) is 1. The van der Waals surface area contributed by atoms with Crippen LogP contribution in [-0.2, 0) is 4.74 Å². The second-order valence-corrected chi connectivity index (χ2v) is 4.84. The van der Waals surface area contributed by atoms with Crippen molar-refractivity contribution in [3.8, 4) is 0 Å². The Morgan fingerprint density at radius 3 is 2.85 bits per heavy atom. The average Bonchev–Trinajstić information content (AvgIpc) is 2.89. The SMILES string of the molecule is COC(=O)NC1CCN(C(=O)c2ccc(F)c(C)c2)C1. The Kier molecular flexibility index (Phi) is 4.22. The van der Waals surface area contributed by atoms with Gasteiger partial charge in [0.2, 0.25) is 0 Å². The lowest BCUT2D eigenvalue weighted by atomic mass is 10.1. The number of rotatable bonds is 2. The fourth-order valence-electron chi connectivity index (χ4n) is 2.25. The molecule has 6 heteroatoms. The summed E-state index contributed by atoms with van der Waals surface area (Å²) in [5.74, 6) is -0.476. The minimum Gasteiger partial charge on any atom is -0.453 e. The van der Waals surface area contributed by atoms with E-state index in [0.29, 0.717) is 30.6 Å². The van der Waals surface area contributed by atoms with Crippen LogP contribution in [0, 0.1) is 12.7 Å². The van der Waals surface area contributed by atoms with Gasteiger partial charge in [0.25, 0.3) is 5.91 Å². The molecule has 0 bridgehead atoms. The topological polar surface area (TPSA) is 58.6 Å². The molecule has 0 saturated carbocycles. The van der Waals surface area contributed by atoms with E-state index in [-0.39, 0.29) is 17.8 Å². The second kappa shape index (κ2) is 5.90. The standard InChI is InChI=1S/C14H17FN2O3/c1-9-7-10(3-4-12(9)15)13(18)17-6-5-11(8-17)16-14(19)20-2/h3-4,7,11H,5-6,8H2,1-2H3,(H,16,19). The number of methoxy groups -OCH3 is 1. The highest BCUT2D eigenvalue weighted by Crippen LogP contribution is 2.16. The molecule has 20 heavy (non-hydrogen) atoms. The van der Waals surface area contributed by atoms with Crippen molar-refractivity contribution in [3.63, 3.8) is 0 Å². The number of ether oxygens (including phenoxy) is 1. The molecule has 1 N–H and O–H groups in total. The van der Waals surface area contributed by atoms with Crippen LogP contribution >= 0.6 is 0 Å². The molecule has 1 aromatic rings. The molecular formula is C14H17FN2O3. The molecule has 1 unspecified atom stereocenters. The van der Waals surface area contributed by atoms with Crippen molar-refractivity contribution in [1.82, 2.24) is 10.2 Å². The van der Waals surface area contributed by atoms with E-state index < -0.39 is 6.09 Å². The molecule has 1 aliphatic heterocycles. The molecule has 0 radical (unpaired) electrons. The first-order chi connectivity index (χ1) is 9.51. The van der Waals surface area contributed by atoms with E-state index in [4.69, 9.17) is 0 Å². The van der Waals surface area contributed by atoms with Crippen molar-refractivity contribution in [1.29, 1.82) is 0 Å². The smallest absolute Gasteiger partial charge is 0.407 e. The monoisotopic (exact) mass is 280 g/mol. The van der Waals surface area contributed by atoms with Gasteiger partial charge in [-0.15, -0.1) is 0 Å². The van der Waals surface area contributed by atoms with Crippen LogP contribution in [0.25, 0.3) is 0 Å². The second-order valence-electron chi connectivity index (χ2n) is 4.84. The lowest BCUT2D eigenvalue weighted by Crippen LogP contribution is -2.38. The summed E-state index contributed by atoms with van der Waals surface area (Å²) in [4.78, 5) is 25.0. The number of hydrogen-bond donors (Lipinski definition) is 1. The van der Waals surface area contributed by atoms with Gasteiger partial charge in [0.15, 0.2) is 0 Å². The lowest BCUT2D eigenvalue weighted by Gasteiger charge is -2.17. The Bertz CT molecular complexity index is 533. The number of hydrogen-bond acceptors (Lipinski definition) is 3. The molecule has 1 aliphatic rings. The Morgan fingerprint density at radius 1 is 1.45 bits per heavy atom. The van der Waals surface area contributed by atoms with Crippen molar-refractivity contribution in [2.45, 2.75) is 19.4 Å². The fourth-order valence-corrected chi connectivity index (χ4v) is 2.25. The third-order valence-corrected chi connectivity index (χ3v) is 3.39. The summed E-state index contributed by atoms with van der Waals surface area (Å²) in [5.41, 5.74) is 0.905. The predicted molar refractivity (Wildman–Crippen MR) is 71.0 cm³/mol. The van der Waals surface area contributed by atoms with E-state index in [1.54, 1.807) is 17.9 Å². The fraction of sp³-hybridized carbons (Fsp3) is 0.429. The van der Waals surface area contributed by atoms with Gasteiger partial charge in [-0.05, 0) is 37.1 Å².